The molecule has 98 valence electrons. The highest BCUT2D eigenvalue weighted by molar-refractivity contribution is 9.10. The van der Waals surface area contributed by atoms with Gasteiger partial charge in [0, 0.05) is 10.2 Å². The van der Waals surface area contributed by atoms with Crippen molar-refractivity contribution >= 4 is 33.2 Å². The van der Waals surface area contributed by atoms with E-state index in [-0.39, 0.29) is 17.2 Å². The van der Waals surface area contributed by atoms with E-state index in [4.69, 9.17) is 5.73 Å². The summed E-state index contributed by atoms with van der Waals surface area (Å²) in [4.78, 5) is 12.1. The van der Waals surface area contributed by atoms with E-state index in [0.717, 1.165) is 10.0 Å². The molecule has 5 heteroatoms. The first-order chi connectivity index (χ1) is 8.97. The number of nitrogens with two attached hydrogens (primary N) is 1. The van der Waals surface area contributed by atoms with Crippen LogP contribution < -0.4 is 11.1 Å². The number of aromatic hydroxyl groups is 1. The Labute approximate surface area is 119 Å². The molecule has 19 heavy (non-hydrogen) atoms. The van der Waals surface area contributed by atoms with Gasteiger partial charge in [0.2, 0.25) is 0 Å². The normalized spacial score (nSPS) is 10.2. The molecule has 0 saturated carbocycles. The summed E-state index contributed by atoms with van der Waals surface area (Å²) in [6, 6.07) is 9.87. The number of hydrogen-bond donors (Lipinski definition) is 3. The average molecular weight is 321 g/mol. The van der Waals surface area contributed by atoms with Gasteiger partial charge in [0.05, 0.1) is 11.3 Å². The summed E-state index contributed by atoms with van der Waals surface area (Å²) in [6.45, 7) is 1.96. The molecular formula is C14H13BrN2O2. The Morgan fingerprint density at radius 1 is 1.26 bits per heavy atom. The maximum atomic E-state index is 12.1. The Bertz CT molecular complexity index is 641. The van der Waals surface area contributed by atoms with Gasteiger partial charge in [-0.1, -0.05) is 6.07 Å². The number of aryl methyl sites for hydroxylation is 1. The molecule has 4 N–H and O–H groups in total. The number of carbonyl (C=O) groups is 1. The summed E-state index contributed by atoms with van der Waals surface area (Å²) >= 11 is 3.39. The zero-order valence-corrected chi connectivity index (χ0v) is 11.9. The van der Waals surface area contributed by atoms with Crippen molar-refractivity contribution in [3.8, 4) is 5.75 Å². The molecule has 0 spiro atoms. The summed E-state index contributed by atoms with van der Waals surface area (Å²) in [5.41, 5.74) is 8.02. The minimum absolute atomic E-state index is 0.00215. The number of benzene rings is 2. The van der Waals surface area contributed by atoms with Crippen LogP contribution in [0.1, 0.15) is 15.9 Å². The number of amides is 1. The van der Waals surface area contributed by atoms with E-state index in [1.807, 2.05) is 19.1 Å². The molecule has 0 aliphatic heterocycles. The van der Waals surface area contributed by atoms with Crippen LogP contribution in [0.25, 0.3) is 0 Å². The van der Waals surface area contributed by atoms with Crippen LogP contribution in [0.5, 0.6) is 5.75 Å². The number of phenols is 1. The van der Waals surface area contributed by atoms with E-state index in [0.29, 0.717) is 11.4 Å². The maximum absolute atomic E-state index is 12.1. The lowest BCUT2D eigenvalue weighted by Gasteiger charge is -2.10. The number of nitrogens with one attached hydrogen (secondary N) is 1. The van der Waals surface area contributed by atoms with Crippen LogP contribution >= 0.6 is 15.9 Å². The molecule has 1 amide bonds. The maximum Gasteiger partial charge on any atom is 0.257 e. The molecule has 2 rings (SSSR count). The number of anilines is 2. The fourth-order valence-electron chi connectivity index (χ4n) is 1.65. The Kier molecular flexibility index (Phi) is 3.76. The average Bonchev–Trinajstić information content (AvgIpc) is 2.35. The monoisotopic (exact) mass is 320 g/mol. The summed E-state index contributed by atoms with van der Waals surface area (Å²) < 4.78 is 0.791. The third kappa shape index (κ3) is 3.06. The van der Waals surface area contributed by atoms with E-state index >= 15 is 0 Å². The summed E-state index contributed by atoms with van der Waals surface area (Å²) in [5, 5.41) is 12.1. The minimum Gasteiger partial charge on any atom is -0.508 e. The second kappa shape index (κ2) is 5.32. The fourth-order valence-corrected chi connectivity index (χ4v) is 2.24. The van der Waals surface area contributed by atoms with Crippen LogP contribution in [0.4, 0.5) is 11.4 Å². The first-order valence-electron chi connectivity index (χ1n) is 5.63. The summed E-state index contributed by atoms with van der Waals surface area (Å²) in [7, 11) is 0. The van der Waals surface area contributed by atoms with Gasteiger partial charge in [0.1, 0.15) is 5.75 Å². The zero-order chi connectivity index (χ0) is 14.0. The highest BCUT2D eigenvalue weighted by Gasteiger charge is 2.12. The van der Waals surface area contributed by atoms with E-state index in [2.05, 4.69) is 21.2 Å². The van der Waals surface area contributed by atoms with Crippen molar-refractivity contribution in [1.82, 2.24) is 0 Å². The Hall–Kier alpha value is -2.01. The Morgan fingerprint density at radius 2 is 2.00 bits per heavy atom. The van der Waals surface area contributed by atoms with Gasteiger partial charge in [-0.05, 0) is 58.7 Å². The van der Waals surface area contributed by atoms with E-state index in [9.17, 15) is 9.90 Å². The molecule has 0 aromatic heterocycles. The zero-order valence-electron chi connectivity index (χ0n) is 10.3. The highest BCUT2D eigenvalue weighted by Crippen LogP contribution is 2.25. The number of nitrogen functional groups attached to an aromatic ring is 1. The lowest BCUT2D eigenvalue weighted by atomic mass is 10.1. The van der Waals surface area contributed by atoms with Crippen LogP contribution in [0.2, 0.25) is 0 Å². The first-order valence-corrected chi connectivity index (χ1v) is 6.42. The molecule has 0 fully saturated rings. The van der Waals surface area contributed by atoms with Crippen molar-refractivity contribution < 1.29 is 9.90 Å². The van der Waals surface area contributed by atoms with Crippen LogP contribution in [-0.2, 0) is 0 Å². The van der Waals surface area contributed by atoms with Crippen LogP contribution in [-0.4, -0.2) is 11.0 Å². The topological polar surface area (TPSA) is 75.3 Å². The minimum atomic E-state index is -0.363. The molecular weight excluding hydrogens is 308 g/mol. The van der Waals surface area contributed by atoms with E-state index < -0.39 is 0 Å². The lowest BCUT2D eigenvalue weighted by molar-refractivity contribution is 0.102. The van der Waals surface area contributed by atoms with Crippen molar-refractivity contribution in [2.24, 2.45) is 0 Å². The second-order valence-electron chi connectivity index (χ2n) is 4.21. The first kappa shape index (κ1) is 13.4. The molecule has 2 aromatic rings. The third-order valence-electron chi connectivity index (χ3n) is 2.65. The Balaban J connectivity index is 2.28. The van der Waals surface area contributed by atoms with Gasteiger partial charge in [-0.3, -0.25) is 4.79 Å². The number of carbonyl (C=O) groups excluding carboxylic acids is 1. The van der Waals surface area contributed by atoms with Crippen molar-refractivity contribution in [3.05, 3.63) is 52.0 Å². The van der Waals surface area contributed by atoms with Gasteiger partial charge in [-0.15, -0.1) is 0 Å². The highest BCUT2D eigenvalue weighted by atomic mass is 79.9. The summed E-state index contributed by atoms with van der Waals surface area (Å²) in [5.74, 6) is -0.361. The second-order valence-corrected chi connectivity index (χ2v) is 5.06. The molecule has 4 nitrogen and oxygen atoms in total. The third-order valence-corrected chi connectivity index (χ3v) is 3.31. The summed E-state index contributed by atoms with van der Waals surface area (Å²) in [6.07, 6.45) is 0. The molecule has 0 unspecified atom stereocenters. The SMILES string of the molecule is Cc1ccc(NC(=O)c2cc(O)ccc2N)c(Br)c1. The van der Waals surface area contributed by atoms with Crippen molar-refractivity contribution in [2.75, 3.05) is 11.1 Å². The Morgan fingerprint density at radius 3 is 2.68 bits per heavy atom. The predicted molar refractivity (Wildman–Crippen MR) is 79.4 cm³/mol. The van der Waals surface area contributed by atoms with Crippen molar-refractivity contribution in [3.63, 3.8) is 0 Å². The molecule has 0 bridgehead atoms. The van der Waals surface area contributed by atoms with Crippen LogP contribution in [0, 0.1) is 6.92 Å². The number of halogens is 1. The van der Waals surface area contributed by atoms with Crippen LogP contribution in [0.3, 0.4) is 0 Å². The van der Waals surface area contributed by atoms with E-state index in [1.54, 1.807) is 6.07 Å². The fraction of sp³-hybridized carbons (Fsp3) is 0.0714. The van der Waals surface area contributed by atoms with Gasteiger partial charge in [-0.2, -0.15) is 0 Å². The molecule has 0 saturated heterocycles. The van der Waals surface area contributed by atoms with Crippen molar-refractivity contribution in [2.45, 2.75) is 6.92 Å². The molecule has 0 aliphatic carbocycles. The van der Waals surface area contributed by atoms with E-state index in [1.165, 1.54) is 18.2 Å². The quantitative estimate of drug-likeness (QED) is 0.587. The number of phenolic OH excluding ortho intramolecular Hbond substituents is 1. The van der Waals surface area contributed by atoms with Gasteiger partial charge < -0.3 is 16.2 Å². The van der Waals surface area contributed by atoms with Gasteiger partial charge in [0.25, 0.3) is 5.91 Å². The largest absolute Gasteiger partial charge is 0.508 e. The lowest BCUT2D eigenvalue weighted by Crippen LogP contribution is -2.14. The number of hydrogen-bond acceptors (Lipinski definition) is 3. The van der Waals surface area contributed by atoms with Gasteiger partial charge in [0.15, 0.2) is 0 Å². The molecule has 2 aromatic carbocycles. The smallest absolute Gasteiger partial charge is 0.257 e. The van der Waals surface area contributed by atoms with Gasteiger partial charge in [-0.25, -0.2) is 0 Å². The predicted octanol–water partition coefficient (Wildman–Crippen LogP) is 3.30. The standard InChI is InChI=1S/C14H13BrN2O2/c1-8-2-5-13(11(15)6-8)17-14(19)10-7-9(18)3-4-12(10)16/h2-7,18H,16H2,1H3,(H,17,19). The molecule has 0 atom stereocenters. The van der Waals surface area contributed by atoms with Crippen LogP contribution in [0.15, 0.2) is 40.9 Å². The van der Waals surface area contributed by atoms with Gasteiger partial charge >= 0.3 is 0 Å². The molecule has 0 radical (unpaired) electrons. The number of rotatable bonds is 2. The molecule has 0 heterocycles. The van der Waals surface area contributed by atoms with Crippen molar-refractivity contribution in [1.29, 1.82) is 0 Å². The molecule has 0 aliphatic rings.